The minimum atomic E-state index is 0. The lowest BCUT2D eigenvalue weighted by Crippen LogP contribution is -2.43. The van der Waals surface area contributed by atoms with E-state index in [9.17, 15) is 0 Å². The Kier molecular flexibility index (Phi) is 13.6. The van der Waals surface area contributed by atoms with Gasteiger partial charge in [0.05, 0.1) is 0 Å². The zero-order valence-electron chi connectivity index (χ0n) is 14.2. The fourth-order valence-corrected chi connectivity index (χ4v) is 2.94. The van der Waals surface area contributed by atoms with Crippen molar-refractivity contribution in [2.45, 2.75) is 64.8 Å². The van der Waals surface area contributed by atoms with Crippen molar-refractivity contribution in [3.63, 3.8) is 0 Å². The molecule has 2 N–H and O–H groups in total. The molecule has 5 heteroatoms. The van der Waals surface area contributed by atoms with Crippen LogP contribution < -0.4 is 10.6 Å². The van der Waals surface area contributed by atoms with Crippen LogP contribution in [0.25, 0.3) is 0 Å². The van der Waals surface area contributed by atoms with Crippen molar-refractivity contribution in [3.05, 3.63) is 0 Å². The molecule has 0 aliphatic heterocycles. The topological polar surface area (TPSA) is 39.7 Å². The maximum Gasteiger partial charge on any atom is 0.191 e. The Labute approximate surface area is 148 Å². The van der Waals surface area contributed by atoms with E-state index < -0.39 is 0 Å². The Morgan fingerprint density at radius 3 is 2.24 bits per heavy atom. The lowest BCUT2D eigenvalue weighted by Gasteiger charge is -2.21. The van der Waals surface area contributed by atoms with E-state index in [1.54, 1.807) is 0 Å². The first-order chi connectivity index (χ1) is 9.80. The maximum absolute atomic E-state index is 4.32. The zero-order chi connectivity index (χ0) is 14.6. The highest BCUT2D eigenvalue weighted by Crippen LogP contribution is 2.17. The van der Waals surface area contributed by atoms with E-state index in [1.807, 2.05) is 7.05 Å². The van der Waals surface area contributed by atoms with Crippen molar-refractivity contribution in [1.29, 1.82) is 0 Å². The van der Waals surface area contributed by atoms with Gasteiger partial charge in [0.25, 0.3) is 0 Å². The summed E-state index contributed by atoms with van der Waals surface area (Å²) in [4.78, 5) is 6.89. The Bertz CT molecular complexity index is 259. The first-order valence-corrected chi connectivity index (χ1v) is 8.49. The molecule has 0 aromatic rings. The summed E-state index contributed by atoms with van der Waals surface area (Å²) in [7, 11) is 1.87. The van der Waals surface area contributed by atoms with Crippen LogP contribution in [0.2, 0.25) is 0 Å². The predicted octanol–water partition coefficient (Wildman–Crippen LogP) is 3.22. The highest BCUT2D eigenvalue weighted by atomic mass is 127. The lowest BCUT2D eigenvalue weighted by atomic mass is 10.2. The van der Waals surface area contributed by atoms with Gasteiger partial charge in [0.1, 0.15) is 0 Å². The molecule has 0 atom stereocenters. The molecule has 21 heavy (non-hydrogen) atoms. The van der Waals surface area contributed by atoms with Gasteiger partial charge in [-0.05, 0) is 51.7 Å². The largest absolute Gasteiger partial charge is 0.356 e. The summed E-state index contributed by atoms with van der Waals surface area (Å²) in [6.45, 7) is 9.17. The molecule has 0 unspecified atom stereocenters. The average molecular weight is 410 g/mol. The number of aliphatic imine (C=N–C) groups is 1. The second kappa shape index (κ2) is 13.6. The molecular formula is C16H35IN4. The van der Waals surface area contributed by atoms with Gasteiger partial charge >= 0.3 is 0 Å². The minimum absolute atomic E-state index is 0. The Hall–Kier alpha value is -0.0400. The maximum atomic E-state index is 4.32. The van der Waals surface area contributed by atoms with E-state index in [4.69, 9.17) is 0 Å². The number of hydrogen-bond acceptors (Lipinski definition) is 2. The van der Waals surface area contributed by atoms with E-state index in [2.05, 4.69) is 34.4 Å². The van der Waals surface area contributed by atoms with Crippen LogP contribution >= 0.6 is 24.0 Å². The van der Waals surface area contributed by atoms with Crippen LogP contribution in [0.1, 0.15) is 58.8 Å². The molecule has 1 aliphatic rings. The third-order valence-electron chi connectivity index (χ3n) is 3.94. The minimum Gasteiger partial charge on any atom is -0.356 e. The van der Waals surface area contributed by atoms with Crippen molar-refractivity contribution in [2.75, 3.05) is 33.2 Å². The van der Waals surface area contributed by atoms with Crippen molar-refractivity contribution >= 4 is 29.9 Å². The average Bonchev–Trinajstić information content (AvgIpc) is 2.95. The molecule has 0 radical (unpaired) electrons. The second-order valence-electron chi connectivity index (χ2n) is 5.82. The first-order valence-electron chi connectivity index (χ1n) is 8.49. The fraction of sp³-hybridized carbons (Fsp3) is 0.938. The molecule has 0 aromatic carbocycles. The predicted molar refractivity (Wildman–Crippen MR) is 104 cm³/mol. The van der Waals surface area contributed by atoms with Crippen LogP contribution in [0.3, 0.4) is 0 Å². The van der Waals surface area contributed by atoms with E-state index in [-0.39, 0.29) is 24.0 Å². The molecule has 1 aliphatic carbocycles. The summed E-state index contributed by atoms with van der Waals surface area (Å²) in [6.07, 6.45) is 8.99. The van der Waals surface area contributed by atoms with Gasteiger partial charge in [-0.2, -0.15) is 0 Å². The van der Waals surface area contributed by atoms with Gasteiger partial charge in [-0.25, -0.2) is 0 Å². The third kappa shape index (κ3) is 9.55. The summed E-state index contributed by atoms with van der Waals surface area (Å²) >= 11 is 0. The molecule has 0 saturated heterocycles. The lowest BCUT2D eigenvalue weighted by molar-refractivity contribution is 0.271. The van der Waals surface area contributed by atoms with Gasteiger partial charge in [-0.15, -0.1) is 24.0 Å². The molecule has 0 spiro atoms. The van der Waals surface area contributed by atoms with E-state index in [0.29, 0.717) is 6.04 Å². The smallest absolute Gasteiger partial charge is 0.191 e. The SMILES string of the molecule is CCCN(CCC)CCCNC(=NC)NC1CCCC1.I. The van der Waals surface area contributed by atoms with E-state index in [1.165, 1.54) is 64.6 Å². The summed E-state index contributed by atoms with van der Waals surface area (Å²) in [5.41, 5.74) is 0. The van der Waals surface area contributed by atoms with Crippen LogP contribution in [-0.2, 0) is 0 Å². The van der Waals surface area contributed by atoms with Crippen molar-refractivity contribution in [3.8, 4) is 0 Å². The van der Waals surface area contributed by atoms with Crippen LogP contribution in [0.5, 0.6) is 0 Å². The van der Waals surface area contributed by atoms with Gasteiger partial charge in [0, 0.05) is 19.6 Å². The molecule has 0 bridgehead atoms. The highest BCUT2D eigenvalue weighted by molar-refractivity contribution is 14.0. The molecule has 0 heterocycles. The summed E-state index contributed by atoms with van der Waals surface area (Å²) < 4.78 is 0. The number of nitrogens with one attached hydrogen (secondary N) is 2. The third-order valence-corrected chi connectivity index (χ3v) is 3.94. The summed E-state index contributed by atoms with van der Waals surface area (Å²) in [5.74, 6) is 0.981. The van der Waals surface area contributed by atoms with Gasteiger partial charge in [-0.1, -0.05) is 26.7 Å². The first kappa shape index (κ1) is 21.0. The Morgan fingerprint density at radius 2 is 1.71 bits per heavy atom. The second-order valence-corrected chi connectivity index (χ2v) is 5.82. The zero-order valence-corrected chi connectivity index (χ0v) is 16.5. The standard InChI is InChI=1S/C16H34N4.HI/c1-4-12-20(13-5-2)14-8-11-18-16(17-3)19-15-9-6-7-10-15;/h15H,4-14H2,1-3H3,(H2,17,18,19);1H. The van der Waals surface area contributed by atoms with Crippen LogP contribution in [0.4, 0.5) is 0 Å². The van der Waals surface area contributed by atoms with Gasteiger partial charge < -0.3 is 15.5 Å². The number of hydrogen-bond donors (Lipinski definition) is 2. The molecule has 1 fully saturated rings. The quantitative estimate of drug-likeness (QED) is 0.265. The Balaban J connectivity index is 0.00000400. The van der Waals surface area contributed by atoms with Gasteiger partial charge in [-0.3, -0.25) is 4.99 Å². The van der Waals surface area contributed by atoms with Gasteiger partial charge in [0.15, 0.2) is 5.96 Å². The monoisotopic (exact) mass is 410 g/mol. The van der Waals surface area contributed by atoms with Gasteiger partial charge in [0.2, 0.25) is 0 Å². The molecular weight excluding hydrogens is 375 g/mol. The van der Waals surface area contributed by atoms with E-state index in [0.717, 1.165) is 12.5 Å². The fourth-order valence-electron chi connectivity index (χ4n) is 2.94. The van der Waals surface area contributed by atoms with Crippen molar-refractivity contribution < 1.29 is 0 Å². The number of halogens is 1. The molecule has 1 saturated carbocycles. The molecule has 4 nitrogen and oxygen atoms in total. The molecule has 0 aromatic heterocycles. The normalized spacial score (nSPS) is 16.1. The number of rotatable bonds is 9. The van der Waals surface area contributed by atoms with Crippen LogP contribution in [0.15, 0.2) is 4.99 Å². The summed E-state index contributed by atoms with van der Waals surface area (Å²) in [6, 6.07) is 0.637. The van der Waals surface area contributed by atoms with Crippen molar-refractivity contribution in [1.82, 2.24) is 15.5 Å². The van der Waals surface area contributed by atoms with Crippen LogP contribution in [-0.4, -0.2) is 50.1 Å². The molecule has 126 valence electrons. The summed E-state index contributed by atoms with van der Waals surface area (Å²) in [5, 5.41) is 6.98. The number of guanidine groups is 1. The molecule has 1 rings (SSSR count). The van der Waals surface area contributed by atoms with Crippen LogP contribution in [0, 0.1) is 0 Å². The highest BCUT2D eigenvalue weighted by Gasteiger charge is 2.15. The Morgan fingerprint density at radius 1 is 1.10 bits per heavy atom. The van der Waals surface area contributed by atoms with Crippen molar-refractivity contribution in [2.24, 2.45) is 4.99 Å². The molecule has 0 amide bonds. The number of nitrogens with zero attached hydrogens (tertiary/aromatic N) is 2. The van der Waals surface area contributed by atoms with E-state index >= 15 is 0 Å².